The highest BCUT2D eigenvalue weighted by molar-refractivity contribution is 5.93. The highest BCUT2D eigenvalue weighted by Gasteiger charge is 2.21. The van der Waals surface area contributed by atoms with Crippen LogP contribution >= 0.6 is 0 Å². The highest BCUT2D eigenvalue weighted by atomic mass is 16.5. The molecule has 0 N–H and O–H groups in total. The van der Waals surface area contributed by atoms with E-state index in [0.717, 1.165) is 42.6 Å². The van der Waals surface area contributed by atoms with E-state index < -0.39 is 0 Å². The highest BCUT2D eigenvalue weighted by Crippen LogP contribution is 2.26. The van der Waals surface area contributed by atoms with Gasteiger partial charge in [-0.05, 0) is 67.5 Å². The first-order valence-corrected chi connectivity index (χ1v) is 9.44. The number of carbonyl (C=O) groups is 1. The van der Waals surface area contributed by atoms with E-state index in [1.165, 1.54) is 5.56 Å². The molecule has 2 aromatic rings. The predicted molar refractivity (Wildman–Crippen MR) is 107 cm³/mol. The molecule has 2 aromatic carbocycles. The van der Waals surface area contributed by atoms with Gasteiger partial charge >= 0.3 is 0 Å². The predicted octanol–water partition coefficient (Wildman–Crippen LogP) is 5.64. The summed E-state index contributed by atoms with van der Waals surface area (Å²) in [6, 6.07) is 18.4. The van der Waals surface area contributed by atoms with Crippen LogP contribution in [0.2, 0.25) is 0 Å². The van der Waals surface area contributed by atoms with Crippen LogP contribution in [0.5, 0.6) is 5.75 Å². The number of rotatable bonds is 7. The molecule has 1 atom stereocenters. The third-order valence-corrected chi connectivity index (χ3v) is 4.82. The molecule has 3 rings (SSSR count). The first-order chi connectivity index (χ1) is 12.7. The van der Waals surface area contributed by atoms with Crippen LogP contribution < -0.4 is 4.74 Å². The van der Waals surface area contributed by atoms with Gasteiger partial charge in [0.2, 0.25) is 0 Å². The van der Waals surface area contributed by atoms with Crippen molar-refractivity contribution in [3.63, 3.8) is 0 Å². The molecule has 0 saturated heterocycles. The van der Waals surface area contributed by atoms with Gasteiger partial charge in [0.1, 0.15) is 5.75 Å². The second kappa shape index (κ2) is 9.19. The summed E-state index contributed by atoms with van der Waals surface area (Å²) in [4.78, 5) is 12.4. The lowest BCUT2D eigenvalue weighted by atomic mass is 9.84. The van der Waals surface area contributed by atoms with Crippen LogP contribution in [0.1, 0.15) is 37.3 Å². The van der Waals surface area contributed by atoms with E-state index in [-0.39, 0.29) is 11.7 Å². The molecule has 0 aliphatic heterocycles. The Bertz CT molecular complexity index is 770. The molecular formula is C24H26O2. The van der Waals surface area contributed by atoms with Crippen molar-refractivity contribution in [2.24, 2.45) is 5.92 Å². The van der Waals surface area contributed by atoms with Gasteiger partial charge in [-0.3, -0.25) is 4.79 Å². The minimum Gasteiger partial charge on any atom is -0.494 e. The molecule has 2 nitrogen and oxygen atoms in total. The summed E-state index contributed by atoms with van der Waals surface area (Å²) in [5, 5.41) is 0. The summed E-state index contributed by atoms with van der Waals surface area (Å²) in [5.41, 5.74) is 3.55. The number of ether oxygens (including phenoxy) is 1. The van der Waals surface area contributed by atoms with Crippen LogP contribution in [-0.4, -0.2) is 12.4 Å². The molecule has 0 spiro atoms. The number of allylic oxidation sites excluding steroid dienone is 3. The molecule has 0 unspecified atom stereocenters. The minimum absolute atomic E-state index is 0.165. The van der Waals surface area contributed by atoms with E-state index in [0.29, 0.717) is 6.61 Å². The molecule has 0 heterocycles. The van der Waals surface area contributed by atoms with E-state index in [9.17, 15) is 4.79 Å². The van der Waals surface area contributed by atoms with Crippen molar-refractivity contribution in [1.29, 1.82) is 0 Å². The molecule has 134 valence electrons. The Labute approximate surface area is 156 Å². The van der Waals surface area contributed by atoms with Gasteiger partial charge in [0.25, 0.3) is 0 Å². The molecule has 0 amide bonds. The van der Waals surface area contributed by atoms with Gasteiger partial charge in [0, 0.05) is 5.92 Å². The number of hydrogen-bond acceptors (Lipinski definition) is 2. The Morgan fingerprint density at radius 2 is 1.81 bits per heavy atom. The molecule has 0 fully saturated rings. The van der Waals surface area contributed by atoms with E-state index >= 15 is 0 Å². The molecule has 1 aliphatic carbocycles. The molecule has 0 radical (unpaired) electrons. The summed E-state index contributed by atoms with van der Waals surface area (Å²) in [5.74, 6) is 1.33. The lowest BCUT2D eigenvalue weighted by molar-refractivity contribution is -0.119. The maximum Gasteiger partial charge on any atom is 0.159 e. The summed E-state index contributed by atoms with van der Waals surface area (Å²) in [6.07, 6.45) is 9.81. The minimum atomic E-state index is 0.165. The van der Waals surface area contributed by atoms with E-state index in [4.69, 9.17) is 4.74 Å². The number of benzene rings is 2. The van der Waals surface area contributed by atoms with Gasteiger partial charge in [-0.15, -0.1) is 0 Å². The Morgan fingerprint density at radius 1 is 1.04 bits per heavy atom. The lowest BCUT2D eigenvalue weighted by Gasteiger charge is -2.19. The standard InChI is InChI=1S/C24H26O2/c1-2-26-23-16-12-20(13-17-23)8-9-21-11-15-22(24(25)18-21)14-10-19-6-4-3-5-7-19/h3-9,12-13,16-18,22H,2,10-11,14-15H2,1H3/b9-8+/t22-/m0/s1. The topological polar surface area (TPSA) is 26.3 Å². The lowest BCUT2D eigenvalue weighted by Crippen LogP contribution is -2.17. The van der Waals surface area contributed by atoms with Crippen molar-refractivity contribution < 1.29 is 9.53 Å². The monoisotopic (exact) mass is 346 g/mol. The van der Waals surface area contributed by atoms with Crippen LogP contribution in [0, 0.1) is 5.92 Å². The van der Waals surface area contributed by atoms with Gasteiger partial charge in [-0.25, -0.2) is 0 Å². The van der Waals surface area contributed by atoms with Gasteiger partial charge in [-0.2, -0.15) is 0 Å². The normalized spacial score (nSPS) is 17.3. The third kappa shape index (κ3) is 5.19. The number of aryl methyl sites for hydroxylation is 1. The fourth-order valence-corrected chi connectivity index (χ4v) is 3.30. The van der Waals surface area contributed by atoms with Gasteiger partial charge < -0.3 is 4.74 Å². The zero-order chi connectivity index (χ0) is 18.2. The van der Waals surface area contributed by atoms with E-state index in [2.05, 4.69) is 36.4 Å². The van der Waals surface area contributed by atoms with Crippen LogP contribution in [0.4, 0.5) is 0 Å². The van der Waals surface area contributed by atoms with Crippen LogP contribution in [0.3, 0.4) is 0 Å². The van der Waals surface area contributed by atoms with E-state index in [1.54, 1.807) is 0 Å². The first kappa shape index (κ1) is 18.2. The first-order valence-electron chi connectivity index (χ1n) is 9.44. The largest absolute Gasteiger partial charge is 0.494 e. The maximum absolute atomic E-state index is 12.4. The zero-order valence-corrected chi connectivity index (χ0v) is 15.4. The van der Waals surface area contributed by atoms with Crippen molar-refractivity contribution in [2.45, 2.75) is 32.6 Å². The average molecular weight is 346 g/mol. The molecule has 26 heavy (non-hydrogen) atoms. The Morgan fingerprint density at radius 3 is 2.50 bits per heavy atom. The maximum atomic E-state index is 12.4. The van der Waals surface area contributed by atoms with Gasteiger partial charge in [0.05, 0.1) is 6.61 Å². The van der Waals surface area contributed by atoms with Crippen molar-refractivity contribution in [3.8, 4) is 5.75 Å². The smallest absolute Gasteiger partial charge is 0.159 e. The number of ketones is 1. The van der Waals surface area contributed by atoms with Crippen LogP contribution in [0.25, 0.3) is 6.08 Å². The Kier molecular flexibility index (Phi) is 6.43. The van der Waals surface area contributed by atoms with Crippen molar-refractivity contribution in [3.05, 3.63) is 83.4 Å². The second-order valence-corrected chi connectivity index (χ2v) is 6.72. The summed E-state index contributed by atoms with van der Waals surface area (Å²) < 4.78 is 5.46. The van der Waals surface area contributed by atoms with Crippen molar-refractivity contribution in [2.75, 3.05) is 6.61 Å². The molecule has 0 aromatic heterocycles. The van der Waals surface area contributed by atoms with Gasteiger partial charge in [-0.1, -0.05) is 54.6 Å². The van der Waals surface area contributed by atoms with Crippen molar-refractivity contribution in [1.82, 2.24) is 0 Å². The quantitative estimate of drug-likeness (QED) is 0.649. The second-order valence-electron chi connectivity index (χ2n) is 6.72. The fraction of sp³-hybridized carbons (Fsp3) is 0.292. The fourth-order valence-electron chi connectivity index (χ4n) is 3.30. The average Bonchev–Trinajstić information content (AvgIpc) is 2.68. The Hall–Kier alpha value is -2.61. The number of carbonyl (C=O) groups excluding carboxylic acids is 1. The SMILES string of the molecule is CCOc1ccc(/C=C/C2=CC(=O)[C@@H](CCc3ccccc3)CC2)cc1. The van der Waals surface area contributed by atoms with Crippen LogP contribution in [-0.2, 0) is 11.2 Å². The molecular weight excluding hydrogens is 320 g/mol. The zero-order valence-electron chi connectivity index (χ0n) is 15.4. The number of hydrogen-bond donors (Lipinski definition) is 0. The van der Waals surface area contributed by atoms with Crippen molar-refractivity contribution >= 4 is 11.9 Å². The molecule has 0 bridgehead atoms. The summed E-state index contributed by atoms with van der Waals surface area (Å²) in [7, 11) is 0. The summed E-state index contributed by atoms with van der Waals surface area (Å²) in [6.45, 7) is 2.66. The van der Waals surface area contributed by atoms with Crippen LogP contribution in [0.15, 0.2) is 72.3 Å². The molecule has 0 saturated carbocycles. The van der Waals surface area contributed by atoms with E-state index in [1.807, 2.05) is 43.3 Å². The molecule has 1 aliphatic rings. The molecule has 2 heteroatoms. The summed E-state index contributed by atoms with van der Waals surface area (Å²) >= 11 is 0. The third-order valence-electron chi connectivity index (χ3n) is 4.82. The Balaban J connectivity index is 1.54. The van der Waals surface area contributed by atoms with Gasteiger partial charge in [0.15, 0.2) is 5.78 Å².